The number of carbonyl (C=O) groups excluding carboxylic acids is 1. The largest absolute Gasteiger partial charge is 0.467 e. The predicted octanol–water partition coefficient (Wildman–Crippen LogP) is 1.20. The van der Waals surface area contributed by atoms with E-state index >= 15 is 0 Å². The Labute approximate surface area is 101 Å². The molecule has 0 saturated carbocycles. The van der Waals surface area contributed by atoms with E-state index in [1.54, 1.807) is 17.0 Å². The number of pyridine rings is 1. The Morgan fingerprint density at radius 1 is 1.53 bits per heavy atom. The number of hydrogen-bond donors (Lipinski definition) is 0. The van der Waals surface area contributed by atoms with Crippen LogP contribution < -0.4 is 4.74 Å². The van der Waals surface area contributed by atoms with Crippen molar-refractivity contribution in [2.24, 2.45) is 0 Å². The highest BCUT2D eigenvalue weighted by molar-refractivity contribution is 5.77. The van der Waals surface area contributed by atoms with Crippen LogP contribution in [-0.2, 0) is 4.79 Å². The average molecular weight is 233 g/mol. The van der Waals surface area contributed by atoms with Crippen LogP contribution in [0.5, 0.6) is 5.88 Å². The van der Waals surface area contributed by atoms with Gasteiger partial charge in [-0.3, -0.25) is 4.79 Å². The summed E-state index contributed by atoms with van der Waals surface area (Å²) < 4.78 is 5.25. The standard InChI is InChI=1S/C12H15N3O2/c1-3-15(4-2)11(16)9-17-12-10(8-13)6-5-7-14-12/h5-7H,3-4,9H2,1-2H3. The highest BCUT2D eigenvalue weighted by Crippen LogP contribution is 2.12. The van der Waals surface area contributed by atoms with Crippen LogP contribution in [0, 0.1) is 11.3 Å². The Kier molecular flexibility index (Phi) is 4.95. The van der Waals surface area contributed by atoms with Gasteiger partial charge in [0.15, 0.2) is 6.61 Å². The van der Waals surface area contributed by atoms with Crippen molar-refractivity contribution in [3.8, 4) is 11.9 Å². The van der Waals surface area contributed by atoms with Gasteiger partial charge in [-0.2, -0.15) is 5.26 Å². The number of hydrogen-bond acceptors (Lipinski definition) is 4. The number of nitrogens with zero attached hydrogens (tertiary/aromatic N) is 3. The molecular weight excluding hydrogens is 218 g/mol. The van der Waals surface area contributed by atoms with E-state index in [4.69, 9.17) is 10.00 Å². The van der Waals surface area contributed by atoms with Gasteiger partial charge in [-0.05, 0) is 26.0 Å². The molecule has 0 radical (unpaired) electrons. The lowest BCUT2D eigenvalue weighted by atomic mass is 10.3. The Balaban J connectivity index is 2.62. The van der Waals surface area contributed by atoms with Crippen LogP contribution in [0.1, 0.15) is 19.4 Å². The molecule has 0 unspecified atom stereocenters. The molecule has 0 aliphatic carbocycles. The van der Waals surface area contributed by atoms with E-state index in [9.17, 15) is 4.79 Å². The molecule has 0 bridgehead atoms. The van der Waals surface area contributed by atoms with Gasteiger partial charge in [-0.25, -0.2) is 4.98 Å². The van der Waals surface area contributed by atoms with Crippen molar-refractivity contribution in [2.45, 2.75) is 13.8 Å². The molecular formula is C12H15N3O2. The lowest BCUT2D eigenvalue weighted by Crippen LogP contribution is -2.34. The van der Waals surface area contributed by atoms with Crippen molar-refractivity contribution in [1.29, 1.82) is 5.26 Å². The Hall–Kier alpha value is -2.09. The van der Waals surface area contributed by atoms with Gasteiger partial charge in [0.05, 0.1) is 0 Å². The molecule has 5 nitrogen and oxygen atoms in total. The second kappa shape index (κ2) is 6.48. The van der Waals surface area contributed by atoms with Gasteiger partial charge in [-0.15, -0.1) is 0 Å². The maximum Gasteiger partial charge on any atom is 0.260 e. The van der Waals surface area contributed by atoms with Crippen molar-refractivity contribution < 1.29 is 9.53 Å². The third-order valence-corrected chi connectivity index (χ3v) is 2.34. The zero-order valence-electron chi connectivity index (χ0n) is 10.0. The fourth-order valence-electron chi connectivity index (χ4n) is 1.39. The molecule has 90 valence electrons. The summed E-state index contributed by atoms with van der Waals surface area (Å²) in [5.41, 5.74) is 0.333. The number of rotatable bonds is 5. The Morgan fingerprint density at radius 3 is 2.82 bits per heavy atom. The summed E-state index contributed by atoms with van der Waals surface area (Å²) in [5, 5.41) is 8.82. The summed E-state index contributed by atoms with van der Waals surface area (Å²) in [6.45, 7) is 5.01. The van der Waals surface area contributed by atoms with Crippen LogP contribution in [0.2, 0.25) is 0 Å². The summed E-state index contributed by atoms with van der Waals surface area (Å²) in [7, 11) is 0. The SMILES string of the molecule is CCN(CC)C(=O)COc1ncccc1C#N. The van der Waals surface area contributed by atoms with Gasteiger partial charge in [0.25, 0.3) is 5.91 Å². The van der Waals surface area contributed by atoms with Gasteiger partial charge in [0, 0.05) is 19.3 Å². The molecule has 0 atom stereocenters. The molecule has 1 aromatic heterocycles. The van der Waals surface area contributed by atoms with Crippen molar-refractivity contribution >= 4 is 5.91 Å². The Bertz CT molecular complexity index is 422. The maximum atomic E-state index is 11.7. The topological polar surface area (TPSA) is 66.2 Å². The van der Waals surface area contributed by atoms with E-state index in [-0.39, 0.29) is 18.4 Å². The number of nitriles is 1. The minimum Gasteiger partial charge on any atom is -0.467 e. The Morgan fingerprint density at radius 2 is 2.24 bits per heavy atom. The lowest BCUT2D eigenvalue weighted by molar-refractivity contribution is -0.133. The molecule has 0 fully saturated rings. The summed E-state index contributed by atoms with van der Waals surface area (Å²) >= 11 is 0. The molecule has 1 rings (SSSR count). The molecule has 0 aliphatic rings. The second-order valence-electron chi connectivity index (χ2n) is 3.32. The maximum absolute atomic E-state index is 11.7. The first-order chi connectivity index (χ1) is 8.22. The first-order valence-corrected chi connectivity index (χ1v) is 5.48. The highest BCUT2D eigenvalue weighted by Gasteiger charge is 2.12. The molecule has 1 heterocycles. The van der Waals surface area contributed by atoms with E-state index in [0.29, 0.717) is 18.7 Å². The van der Waals surface area contributed by atoms with Crippen molar-refractivity contribution in [1.82, 2.24) is 9.88 Å². The molecule has 1 aromatic rings. The zero-order valence-corrected chi connectivity index (χ0v) is 10.0. The van der Waals surface area contributed by atoms with Gasteiger partial charge >= 0.3 is 0 Å². The van der Waals surface area contributed by atoms with Gasteiger partial charge in [0.2, 0.25) is 5.88 Å². The van der Waals surface area contributed by atoms with Crippen LogP contribution in [0.25, 0.3) is 0 Å². The molecule has 1 amide bonds. The van der Waals surface area contributed by atoms with E-state index in [1.807, 2.05) is 19.9 Å². The van der Waals surface area contributed by atoms with E-state index in [0.717, 1.165) is 0 Å². The molecule has 17 heavy (non-hydrogen) atoms. The van der Waals surface area contributed by atoms with E-state index in [2.05, 4.69) is 4.98 Å². The predicted molar refractivity (Wildman–Crippen MR) is 62.4 cm³/mol. The molecule has 5 heteroatoms. The second-order valence-corrected chi connectivity index (χ2v) is 3.32. The minimum atomic E-state index is -0.107. The van der Waals surface area contributed by atoms with Crippen LogP contribution >= 0.6 is 0 Å². The van der Waals surface area contributed by atoms with Crippen LogP contribution in [-0.4, -0.2) is 35.5 Å². The fraction of sp³-hybridized carbons (Fsp3) is 0.417. The molecule has 0 N–H and O–H groups in total. The third-order valence-electron chi connectivity index (χ3n) is 2.34. The van der Waals surface area contributed by atoms with E-state index < -0.39 is 0 Å². The zero-order chi connectivity index (χ0) is 12.7. The molecule has 0 aromatic carbocycles. The lowest BCUT2D eigenvalue weighted by Gasteiger charge is -2.18. The summed E-state index contributed by atoms with van der Waals surface area (Å²) in [4.78, 5) is 17.2. The first kappa shape index (κ1) is 13.0. The van der Waals surface area contributed by atoms with Gasteiger partial charge in [0.1, 0.15) is 11.6 Å². The number of carbonyl (C=O) groups is 1. The molecule has 0 spiro atoms. The van der Waals surface area contributed by atoms with Crippen LogP contribution in [0.15, 0.2) is 18.3 Å². The van der Waals surface area contributed by atoms with Crippen LogP contribution in [0.4, 0.5) is 0 Å². The summed E-state index contributed by atoms with van der Waals surface area (Å²) in [6, 6.07) is 5.22. The summed E-state index contributed by atoms with van der Waals surface area (Å²) in [6.07, 6.45) is 1.53. The van der Waals surface area contributed by atoms with Gasteiger partial charge < -0.3 is 9.64 Å². The summed E-state index contributed by atoms with van der Waals surface area (Å²) in [5.74, 6) is 0.0973. The normalized spacial score (nSPS) is 9.47. The van der Waals surface area contributed by atoms with Crippen molar-refractivity contribution in [3.63, 3.8) is 0 Å². The molecule has 0 aliphatic heterocycles. The minimum absolute atomic E-state index is 0.0899. The average Bonchev–Trinajstić information content (AvgIpc) is 2.38. The van der Waals surface area contributed by atoms with E-state index in [1.165, 1.54) is 6.20 Å². The third kappa shape index (κ3) is 3.45. The van der Waals surface area contributed by atoms with Crippen LogP contribution in [0.3, 0.4) is 0 Å². The first-order valence-electron chi connectivity index (χ1n) is 5.48. The molecule has 0 saturated heterocycles. The van der Waals surface area contributed by atoms with Crippen molar-refractivity contribution in [3.05, 3.63) is 23.9 Å². The van der Waals surface area contributed by atoms with Crippen molar-refractivity contribution in [2.75, 3.05) is 19.7 Å². The highest BCUT2D eigenvalue weighted by atomic mass is 16.5. The quantitative estimate of drug-likeness (QED) is 0.766. The monoisotopic (exact) mass is 233 g/mol. The number of ether oxygens (including phenoxy) is 1. The van der Waals surface area contributed by atoms with Gasteiger partial charge in [-0.1, -0.05) is 0 Å². The number of aromatic nitrogens is 1. The number of amides is 1. The smallest absolute Gasteiger partial charge is 0.260 e. The fourth-order valence-corrected chi connectivity index (χ4v) is 1.39. The number of likely N-dealkylation sites (N-methyl/N-ethyl adjacent to an activating group) is 1.